The van der Waals surface area contributed by atoms with Gasteiger partial charge in [-0.3, -0.25) is 4.79 Å². The Kier molecular flexibility index (Phi) is 4.99. The third-order valence-corrected chi connectivity index (χ3v) is 4.66. The highest BCUT2D eigenvalue weighted by atomic mass is 35.5. The molecule has 1 heterocycles. The predicted molar refractivity (Wildman–Crippen MR) is 65.9 cm³/mol. The number of Topliss-reactive ketones (excluding diaryl/α,β-unsaturated/α-hetero) is 1. The van der Waals surface area contributed by atoms with E-state index in [-0.39, 0.29) is 5.78 Å². The molecule has 1 aromatic rings. The second-order valence-electron chi connectivity index (χ2n) is 3.05. The average Bonchev–Trinajstić information content (AvgIpc) is 2.60. The van der Waals surface area contributed by atoms with Gasteiger partial charge in [0.2, 0.25) is 0 Å². The second kappa shape index (κ2) is 5.79. The molecule has 0 aliphatic heterocycles. The van der Waals surface area contributed by atoms with Gasteiger partial charge in [-0.25, -0.2) is 0 Å². The first kappa shape index (κ1) is 12.1. The zero-order valence-electron chi connectivity index (χ0n) is 8.25. The molecule has 0 amide bonds. The van der Waals surface area contributed by atoms with Crippen LogP contribution in [0.4, 0.5) is 0 Å². The van der Waals surface area contributed by atoms with E-state index in [4.69, 9.17) is 11.6 Å². The van der Waals surface area contributed by atoms with Crippen molar-refractivity contribution in [2.24, 2.45) is 0 Å². The number of carbonyl (C=O) groups excluding carboxylic acids is 1. The van der Waals surface area contributed by atoms with Gasteiger partial charge in [0.05, 0.1) is 15.7 Å². The average molecular weight is 249 g/mol. The quantitative estimate of drug-likeness (QED) is 0.730. The zero-order chi connectivity index (χ0) is 10.6. The number of thiophene rings is 1. The Morgan fingerprint density at radius 3 is 2.93 bits per heavy atom. The van der Waals surface area contributed by atoms with Gasteiger partial charge in [-0.2, -0.15) is 11.8 Å². The van der Waals surface area contributed by atoms with Crippen LogP contribution in [0, 0.1) is 0 Å². The standard InChI is InChI=1S/C10H13ClOS2/c1-3-7(2)14-6-9(12)10-8(11)4-5-13-10/h4-5,7H,3,6H2,1-2H3. The molecule has 0 bridgehead atoms. The Labute approximate surface area is 97.8 Å². The maximum atomic E-state index is 11.7. The van der Waals surface area contributed by atoms with Crippen molar-refractivity contribution in [1.82, 2.24) is 0 Å². The summed E-state index contributed by atoms with van der Waals surface area (Å²) in [4.78, 5) is 12.3. The van der Waals surface area contributed by atoms with Crippen LogP contribution in [0.15, 0.2) is 11.4 Å². The lowest BCUT2D eigenvalue weighted by atomic mass is 10.3. The number of carbonyl (C=O) groups is 1. The molecule has 0 N–H and O–H groups in total. The van der Waals surface area contributed by atoms with Gasteiger partial charge in [0.1, 0.15) is 0 Å². The smallest absolute Gasteiger partial charge is 0.184 e. The summed E-state index contributed by atoms with van der Waals surface area (Å²) in [6.07, 6.45) is 1.09. The monoisotopic (exact) mass is 248 g/mol. The van der Waals surface area contributed by atoms with E-state index in [1.807, 2.05) is 5.38 Å². The van der Waals surface area contributed by atoms with Crippen molar-refractivity contribution in [3.05, 3.63) is 21.3 Å². The van der Waals surface area contributed by atoms with Crippen LogP contribution in [0.5, 0.6) is 0 Å². The molecule has 1 atom stereocenters. The molecule has 14 heavy (non-hydrogen) atoms. The normalized spacial score (nSPS) is 12.8. The summed E-state index contributed by atoms with van der Waals surface area (Å²) in [6, 6.07) is 1.77. The van der Waals surface area contributed by atoms with Crippen molar-refractivity contribution >= 4 is 40.5 Å². The molecule has 4 heteroatoms. The molecule has 0 aliphatic rings. The second-order valence-corrected chi connectivity index (χ2v) is 5.80. The Morgan fingerprint density at radius 1 is 1.71 bits per heavy atom. The topological polar surface area (TPSA) is 17.1 Å². The predicted octanol–water partition coefficient (Wildman–Crippen LogP) is 4.12. The Bertz CT molecular complexity index is 309. The first-order chi connectivity index (χ1) is 6.65. The van der Waals surface area contributed by atoms with Gasteiger partial charge in [0.15, 0.2) is 5.78 Å². The fraction of sp³-hybridized carbons (Fsp3) is 0.500. The molecule has 0 spiro atoms. The van der Waals surface area contributed by atoms with E-state index in [0.717, 1.165) is 6.42 Å². The number of hydrogen-bond donors (Lipinski definition) is 0. The van der Waals surface area contributed by atoms with Gasteiger partial charge < -0.3 is 0 Å². The van der Waals surface area contributed by atoms with Crippen molar-refractivity contribution in [3.63, 3.8) is 0 Å². The first-order valence-corrected chi connectivity index (χ1v) is 6.83. The molecule has 0 saturated carbocycles. The van der Waals surface area contributed by atoms with Gasteiger partial charge in [0.25, 0.3) is 0 Å². The third-order valence-electron chi connectivity index (χ3n) is 1.94. The van der Waals surface area contributed by atoms with Crippen molar-refractivity contribution in [2.45, 2.75) is 25.5 Å². The van der Waals surface area contributed by atoms with Crippen LogP contribution in [0.2, 0.25) is 5.02 Å². The number of halogens is 1. The summed E-state index contributed by atoms with van der Waals surface area (Å²) in [6.45, 7) is 4.26. The lowest BCUT2D eigenvalue weighted by Gasteiger charge is -2.06. The summed E-state index contributed by atoms with van der Waals surface area (Å²) in [5.74, 6) is 0.685. The van der Waals surface area contributed by atoms with Gasteiger partial charge in [-0.15, -0.1) is 11.3 Å². The molecule has 0 aliphatic carbocycles. The zero-order valence-corrected chi connectivity index (χ0v) is 10.6. The maximum absolute atomic E-state index is 11.7. The molecule has 1 unspecified atom stereocenters. The number of rotatable bonds is 5. The minimum absolute atomic E-state index is 0.148. The molecule has 0 fully saturated rings. The lowest BCUT2D eigenvalue weighted by molar-refractivity contribution is 0.102. The highest BCUT2D eigenvalue weighted by Crippen LogP contribution is 2.24. The summed E-state index contributed by atoms with van der Waals surface area (Å²) in [5.41, 5.74) is 0. The van der Waals surface area contributed by atoms with Crippen LogP contribution >= 0.6 is 34.7 Å². The summed E-state index contributed by atoms with van der Waals surface area (Å²) >= 11 is 8.98. The van der Waals surface area contributed by atoms with E-state index in [0.29, 0.717) is 20.9 Å². The van der Waals surface area contributed by atoms with Crippen LogP contribution < -0.4 is 0 Å². The molecule has 1 rings (SSSR count). The fourth-order valence-corrected chi connectivity index (χ4v) is 2.90. The Balaban J connectivity index is 2.47. The van der Waals surface area contributed by atoms with Gasteiger partial charge >= 0.3 is 0 Å². The van der Waals surface area contributed by atoms with Crippen molar-refractivity contribution in [2.75, 3.05) is 5.75 Å². The molecule has 1 nitrogen and oxygen atoms in total. The van der Waals surface area contributed by atoms with Gasteiger partial charge in [-0.05, 0) is 17.9 Å². The van der Waals surface area contributed by atoms with Crippen molar-refractivity contribution < 1.29 is 4.79 Å². The van der Waals surface area contributed by atoms with Crippen molar-refractivity contribution in [1.29, 1.82) is 0 Å². The van der Waals surface area contributed by atoms with E-state index in [9.17, 15) is 4.79 Å². The Morgan fingerprint density at radius 2 is 2.43 bits per heavy atom. The SMILES string of the molecule is CCC(C)SCC(=O)c1sccc1Cl. The molecular weight excluding hydrogens is 236 g/mol. The number of thioether (sulfide) groups is 1. The molecule has 0 aromatic carbocycles. The van der Waals surface area contributed by atoms with Crippen LogP contribution in [-0.2, 0) is 0 Å². The first-order valence-electron chi connectivity index (χ1n) is 4.53. The van der Waals surface area contributed by atoms with Crippen LogP contribution in [0.3, 0.4) is 0 Å². The summed E-state index contributed by atoms with van der Waals surface area (Å²) < 4.78 is 0. The van der Waals surface area contributed by atoms with E-state index >= 15 is 0 Å². The largest absolute Gasteiger partial charge is 0.292 e. The van der Waals surface area contributed by atoms with E-state index in [1.165, 1.54) is 11.3 Å². The van der Waals surface area contributed by atoms with Crippen LogP contribution in [0.25, 0.3) is 0 Å². The Hall–Kier alpha value is 0.01000. The van der Waals surface area contributed by atoms with E-state index in [1.54, 1.807) is 17.8 Å². The summed E-state index contributed by atoms with van der Waals surface area (Å²) in [5, 5.41) is 2.98. The van der Waals surface area contributed by atoms with E-state index in [2.05, 4.69) is 13.8 Å². The lowest BCUT2D eigenvalue weighted by Crippen LogP contribution is -2.04. The maximum Gasteiger partial charge on any atom is 0.184 e. The van der Waals surface area contributed by atoms with Crippen molar-refractivity contribution in [3.8, 4) is 0 Å². The van der Waals surface area contributed by atoms with Crippen LogP contribution in [0.1, 0.15) is 29.9 Å². The fourth-order valence-electron chi connectivity index (χ4n) is 0.894. The molecule has 78 valence electrons. The number of hydrogen-bond acceptors (Lipinski definition) is 3. The van der Waals surface area contributed by atoms with Crippen LogP contribution in [-0.4, -0.2) is 16.8 Å². The molecule has 0 radical (unpaired) electrons. The van der Waals surface area contributed by atoms with E-state index < -0.39 is 0 Å². The number of ketones is 1. The summed E-state index contributed by atoms with van der Waals surface area (Å²) in [7, 11) is 0. The highest BCUT2D eigenvalue weighted by molar-refractivity contribution is 8.00. The minimum Gasteiger partial charge on any atom is -0.292 e. The minimum atomic E-state index is 0.148. The molecule has 0 saturated heterocycles. The third kappa shape index (κ3) is 3.30. The molecular formula is C10H13ClOS2. The van der Waals surface area contributed by atoms with Gasteiger partial charge in [-0.1, -0.05) is 25.4 Å². The van der Waals surface area contributed by atoms with Gasteiger partial charge in [0, 0.05) is 5.25 Å². The molecule has 1 aromatic heterocycles. The highest BCUT2D eigenvalue weighted by Gasteiger charge is 2.12.